The third-order valence-electron chi connectivity index (χ3n) is 4.32. The fourth-order valence-electron chi connectivity index (χ4n) is 3.03. The third kappa shape index (κ3) is 4.36. The van der Waals surface area contributed by atoms with Crippen molar-refractivity contribution < 1.29 is 18.0 Å². The molecular weight excluding hydrogens is 355 g/mol. The monoisotopic (exact) mass is 373 g/mol. The number of halogens is 3. The van der Waals surface area contributed by atoms with Crippen molar-refractivity contribution in [3.63, 3.8) is 0 Å². The van der Waals surface area contributed by atoms with Crippen LogP contribution >= 0.6 is 0 Å². The number of carbonyl (C=O) groups excluding carboxylic acids is 1. The number of urea groups is 1. The Labute approximate surface area is 154 Å². The van der Waals surface area contributed by atoms with E-state index in [-0.39, 0.29) is 0 Å². The Morgan fingerprint density at radius 1 is 1.11 bits per heavy atom. The number of fused-ring (bicyclic) bond motifs is 1. The molecular formula is C20H18F3N3O. The van der Waals surface area contributed by atoms with Gasteiger partial charge in [0.1, 0.15) is 0 Å². The maximum absolute atomic E-state index is 12.8. The molecule has 0 spiro atoms. The minimum absolute atomic E-state index is 0.291. The van der Waals surface area contributed by atoms with Crippen molar-refractivity contribution >= 4 is 22.5 Å². The van der Waals surface area contributed by atoms with Crippen molar-refractivity contribution in [1.82, 2.24) is 4.98 Å². The van der Waals surface area contributed by atoms with E-state index in [2.05, 4.69) is 4.98 Å². The second-order valence-electron chi connectivity index (χ2n) is 6.17. The van der Waals surface area contributed by atoms with Gasteiger partial charge in [0, 0.05) is 24.3 Å². The number of nitrogens with two attached hydrogens (primary N) is 1. The molecule has 7 heteroatoms. The van der Waals surface area contributed by atoms with E-state index in [4.69, 9.17) is 5.73 Å². The van der Waals surface area contributed by atoms with Crippen LogP contribution in [0.15, 0.2) is 60.9 Å². The minimum atomic E-state index is -4.37. The fourth-order valence-corrected chi connectivity index (χ4v) is 3.03. The molecule has 2 amide bonds. The number of anilines is 1. The van der Waals surface area contributed by atoms with Gasteiger partial charge < -0.3 is 5.73 Å². The van der Waals surface area contributed by atoms with E-state index in [1.807, 2.05) is 18.2 Å². The fraction of sp³-hybridized carbons (Fsp3) is 0.200. The first kappa shape index (κ1) is 18.7. The van der Waals surface area contributed by atoms with E-state index in [0.29, 0.717) is 30.6 Å². The summed E-state index contributed by atoms with van der Waals surface area (Å²) in [6.07, 6.45) is -0.176. The summed E-state index contributed by atoms with van der Waals surface area (Å²) in [7, 11) is 0. The number of pyridine rings is 1. The lowest BCUT2D eigenvalue weighted by Gasteiger charge is -2.22. The smallest absolute Gasteiger partial charge is 0.351 e. The van der Waals surface area contributed by atoms with Gasteiger partial charge in [-0.1, -0.05) is 30.3 Å². The summed E-state index contributed by atoms with van der Waals surface area (Å²) < 4.78 is 38.5. The molecule has 1 aromatic heterocycles. The second-order valence-corrected chi connectivity index (χ2v) is 6.17. The lowest BCUT2D eigenvalue weighted by Crippen LogP contribution is -2.36. The molecule has 0 saturated heterocycles. The molecule has 0 saturated carbocycles. The topological polar surface area (TPSA) is 59.2 Å². The number of hydrogen-bond acceptors (Lipinski definition) is 2. The van der Waals surface area contributed by atoms with Crippen molar-refractivity contribution in [1.29, 1.82) is 0 Å². The van der Waals surface area contributed by atoms with Gasteiger partial charge in [0.2, 0.25) is 0 Å². The summed E-state index contributed by atoms with van der Waals surface area (Å²) >= 11 is 0. The number of alkyl halides is 3. The number of amides is 2. The average molecular weight is 373 g/mol. The van der Waals surface area contributed by atoms with E-state index in [1.54, 1.807) is 24.5 Å². The predicted octanol–water partition coefficient (Wildman–Crippen LogP) is 4.77. The maximum Gasteiger partial charge on any atom is 0.416 e. The molecule has 0 bridgehead atoms. The zero-order chi connectivity index (χ0) is 19.4. The Morgan fingerprint density at radius 3 is 2.63 bits per heavy atom. The molecule has 2 aromatic carbocycles. The number of hydrogen-bond donors (Lipinski definition) is 1. The molecule has 0 aliphatic carbocycles. The van der Waals surface area contributed by atoms with Crippen LogP contribution in [-0.2, 0) is 12.6 Å². The second kappa shape index (κ2) is 7.65. The van der Waals surface area contributed by atoms with Gasteiger partial charge >= 0.3 is 12.2 Å². The summed E-state index contributed by atoms with van der Waals surface area (Å²) in [6, 6.07) is 11.9. The first-order valence-corrected chi connectivity index (χ1v) is 8.42. The van der Waals surface area contributed by atoms with Crippen LogP contribution in [0.5, 0.6) is 0 Å². The van der Waals surface area contributed by atoms with Crippen LogP contribution in [0.3, 0.4) is 0 Å². The van der Waals surface area contributed by atoms with Gasteiger partial charge in [-0.2, -0.15) is 13.2 Å². The molecule has 0 fully saturated rings. The molecule has 0 atom stereocenters. The molecule has 0 unspecified atom stereocenters. The van der Waals surface area contributed by atoms with Crippen LogP contribution in [0, 0.1) is 0 Å². The van der Waals surface area contributed by atoms with Crippen LogP contribution in [0.4, 0.5) is 23.7 Å². The Kier molecular flexibility index (Phi) is 5.30. The van der Waals surface area contributed by atoms with Crippen LogP contribution in [0.2, 0.25) is 0 Å². The van der Waals surface area contributed by atoms with Gasteiger partial charge in [0.15, 0.2) is 0 Å². The van der Waals surface area contributed by atoms with Crippen LogP contribution < -0.4 is 10.6 Å². The van der Waals surface area contributed by atoms with Crippen LogP contribution in [0.1, 0.15) is 17.5 Å². The van der Waals surface area contributed by atoms with Crippen LogP contribution in [0.25, 0.3) is 10.8 Å². The molecule has 0 aliphatic heterocycles. The number of nitrogens with zero attached hydrogens (tertiary/aromatic N) is 2. The number of aryl methyl sites for hydroxylation is 1. The van der Waals surface area contributed by atoms with E-state index in [9.17, 15) is 18.0 Å². The number of benzene rings is 2. The van der Waals surface area contributed by atoms with E-state index >= 15 is 0 Å². The average Bonchev–Trinajstić information content (AvgIpc) is 2.64. The number of rotatable bonds is 5. The summed E-state index contributed by atoms with van der Waals surface area (Å²) in [5, 5.41) is 1.71. The summed E-state index contributed by atoms with van der Waals surface area (Å²) in [5.74, 6) is 0. The highest BCUT2D eigenvalue weighted by molar-refractivity contribution is 6.02. The summed E-state index contributed by atoms with van der Waals surface area (Å²) in [6.45, 7) is 0.291. The largest absolute Gasteiger partial charge is 0.416 e. The Morgan fingerprint density at radius 2 is 1.89 bits per heavy atom. The molecule has 3 rings (SSSR count). The molecule has 1 heterocycles. The highest BCUT2D eigenvalue weighted by atomic mass is 19.4. The van der Waals surface area contributed by atoms with Crippen molar-refractivity contribution in [3.8, 4) is 0 Å². The highest BCUT2D eigenvalue weighted by Gasteiger charge is 2.30. The molecule has 4 nitrogen and oxygen atoms in total. The van der Waals surface area contributed by atoms with E-state index in [0.717, 1.165) is 22.9 Å². The van der Waals surface area contributed by atoms with Crippen LogP contribution in [-0.4, -0.2) is 17.6 Å². The third-order valence-corrected chi connectivity index (χ3v) is 4.32. The van der Waals surface area contributed by atoms with Gasteiger partial charge in [-0.3, -0.25) is 9.88 Å². The molecule has 140 valence electrons. The normalized spacial score (nSPS) is 11.5. The lowest BCUT2D eigenvalue weighted by molar-refractivity contribution is -0.137. The SMILES string of the molecule is NC(=O)N(CCCc1cccc(C(F)(F)F)c1)c1cccc2ccncc12. The minimum Gasteiger partial charge on any atom is -0.351 e. The van der Waals surface area contributed by atoms with E-state index in [1.165, 1.54) is 11.0 Å². The summed E-state index contributed by atoms with van der Waals surface area (Å²) in [5.41, 5.74) is 6.06. The van der Waals surface area contributed by atoms with Crippen molar-refractivity contribution in [2.24, 2.45) is 5.73 Å². The standard InChI is InChI=1S/C20H18F3N3O/c21-20(22,23)16-7-1-4-14(12-16)5-3-11-26(19(24)27)18-8-2-6-15-9-10-25-13-17(15)18/h1-2,4,6-10,12-13H,3,5,11H2,(H2,24,27). The Bertz CT molecular complexity index is 951. The Hall–Kier alpha value is -3.09. The molecule has 3 aromatic rings. The number of carbonyl (C=O) groups is 1. The van der Waals surface area contributed by atoms with E-state index < -0.39 is 17.8 Å². The zero-order valence-corrected chi connectivity index (χ0v) is 14.4. The number of aromatic nitrogens is 1. The van der Waals surface area contributed by atoms with Crippen molar-refractivity contribution in [3.05, 3.63) is 72.1 Å². The van der Waals surface area contributed by atoms with Gasteiger partial charge in [0.05, 0.1) is 11.3 Å². The predicted molar refractivity (Wildman–Crippen MR) is 98.4 cm³/mol. The van der Waals surface area contributed by atoms with Crippen molar-refractivity contribution in [2.45, 2.75) is 19.0 Å². The quantitative estimate of drug-likeness (QED) is 0.700. The molecule has 0 radical (unpaired) electrons. The summed E-state index contributed by atoms with van der Waals surface area (Å²) in [4.78, 5) is 17.5. The molecule has 0 aliphatic rings. The van der Waals surface area contributed by atoms with Gasteiger partial charge in [-0.25, -0.2) is 4.79 Å². The lowest BCUT2D eigenvalue weighted by atomic mass is 10.1. The van der Waals surface area contributed by atoms with Gasteiger partial charge in [-0.15, -0.1) is 0 Å². The molecule has 2 N–H and O–H groups in total. The van der Waals surface area contributed by atoms with Gasteiger partial charge in [0.25, 0.3) is 0 Å². The number of primary amides is 1. The van der Waals surface area contributed by atoms with Crippen molar-refractivity contribution in [2.75, 3.05) is 11.4 Å². The highest BCUT2D eigenvalue weighted by Crippen LogP contribution is 2.30. The Balaban J connectivity index is 1.76. The zero-order valence-electron chi connectivity index (χ0n) is 14.4. The van der Waals surface area contributed by atoms with Gasteiger partial charge in [-0.05, 0) is 42.0 Å². The molecule has 27 heavy (non-hydrogen) atoms. The first-order valence-electron chi connectivity index (χ1n) is 8.42. The first-order chi connectivity index (χ1) is 12.9. The maximum atomic E-state index is 12.8.